The van der Waals surface area contributed by atoms with Crippen molar-refractivity contribution >= 4 is 46.0 Å². The van der Waals surface area contributed by atoms with E-state index in [0.29, 0.717) is 8.76 Å². The van der Waals surface area contributed by atoms with Crippen LogP contribution < -0.4 is 9.37 Å². The highest BCUT2D eigenvalue weighted by Gasteiger charge is 2.49. The van der Waals surface area contributed by atoms with E-state index >= 15 is 0 Å². The molecule has 0 unspecified atom stereocenters. The van der Waals surface area contributed by atoms with E-state index in [2.05, 4.69) is 4.18 Å². The molecule has 0 heterocycles. The first kappa shape index (κ1) is 16.8. The summed E-state index contributed by atoms with van der Waals surface area (Å²) >= 11 is 1.88. The topological polar surface area (TPSA) is 43.4 Å². The van der Waals surface area contributed by atoms with Crippen LogP contribution in [0.25, 0.3) is 0 Å². The molecule has 0 saturated carbocycles. The highest BCUT2D eigenvalue weighted by molar-refractivity contribution is 14.1. The van der Waals surface area contributed by atoms with E-state index in [1.54, 1.807) is 12.1 Å². The smallest absolute Gasteiger partial charge is 0.376 e. The molecule has 0 atom stereocenters. The zero-order chi connectivity index (χ0) is 15.1. The predicted octanol–water partition coefficient (Wildman–Crippen LogP) is 3.06. The highest BCUT2D eigenvalue weighted by Crippen LogP contribution is 2.28. The third-order valence-corrected chi connectivity index (χ3v) is 5.90. The molecule has 0 fully saturated rings. The van der Waals surface area contributed by atoms with Crippen LogP contribution in [0.15, 0.2) is 18.2 Å². The Morgan fingerprint density at radius 3 is 2.16 bits per heavy atom. The second-order valence-electron chi connectivity index (χ2n) is 4.87. The molecule has 9 heteroatoms. The fraction of sp³-hybridized carbons (Fsp3) is 0.400. The van der Waals surface area contributed by atoms with Gasteiger partial charge in [-0.3, -0.25) is 0 Å². The summed E-state index contributed by atoms with van der Waals surface area (Å²) in [4.78, 5) is 0. The summed E-state index contributed by atoms with van der Waals surface area (Å²) in [6.45, 7) is 5.67. The quantitative estimate of drug-likeness (QED) is 0.324. The summed E-state index contributed by atoms with van der Waals surface area (Å²) in [7, 11) is -7.65. The molecule has 0 aliphatic heterocycles. The van der Waals surface area contributed by atoms with Crippen LogP contribution in [0.1, 0.15) is 0 Å². The maximum atomic E-state index is 12.3. The SMILES string of the molecule is C[Si](C)(C)c1ccc(I)cc1OS(=O)(=O)C(F)(F)F. The van der Waals surface area contributed by atoms with Crippen molar-refractivity contribution in [2.45, 2.75) is 25.1 Å². The zero-order valence-corrected chi connectivity index (χ0v) is 14.4. The number of alkyl halides is 3. The third-order valence-electron chi connectivity index (χ3n) is 2.23. The van der Waals surface area contributed by atoms with Crippen LogP contribution >= 0.6 is 22.6 Å². The Hall–Kier alpha value is -0.293. The number of hydrogen-bond donors (Lipinski definition) is 0. The van der Waals surface area contributed by atoms with Crippen molar-refractivity contribution in [3.8, 4) is 5.75 Å². The molecule has 1 aromatic rings. The minimum atomic E-state index is -5.63. The van der Waals surface area contributed by atoms with Crippen LogP contribution in [0, 0.1) is 3.57 Å². The molecular weight excluding hydrogens is 412 g/mol. The lowest BCUT2D eigenvalue weighted by atomic mass is 10.3. The molecule has 0 bridgehead atoms. The van der Waals surface area contributed by atoms with Gasteiger partial charge in [0, 0.05) is 3.57 Å². The van der Waals surface area contributed by atoms with Crippen LogP contribution in [0.3, 0.4) is 0 Å². The van der Waals surface area contributed by atoms with Gasteiger partial charge in [0.25, 0.3) is 0 Å². The lowest BCUT2D eigenvalue weighted by Crippen LogP contribution is -2.40. The van der Waals surface area contributed by atoms with Gasteiger partial charge < -0.3 is 4.18 Å². The molecule has 0 N–H and O–H groups in total. The van der Waals surface area contributed by atoms with Gasteiger partial charge in [-0.1, -0.05) is 25.7 Å². The summed E-state index contributed by atoms with van der Waals surface area (Å²) in [6, 6.07) is 4.63. The summed E-state index contributed by atoms with van der Waals surface area (Å²) in [5.74, 6) is -0.233. The van der Waals surface area contributed by atoms with E-state index < -0.39 is 23.7 Å². The number of benzene rings is 1. The van der Waals surface area contributed by atoms with Crippen molar-refractivity contribution < 1.29 is 25.8 Å². The fourth-order valence-corrected chi connectivity index (χ4v) is 3.80. The van der Waals surface area contributed by atoms with Gasteiger partial charge in [-0.15, -0.1) is 0 Å². The maximum absolute atomic E-state index is 12.3. The monoisotopic (exact) mass is 424 g/mol. The van der Waals surface area contributed by atoms with Crippen LogP contribution in [0.5, 0.6) is 5.75 Å². The van der Waals surface area contributed by atoms with Gasteiger partial charge in [-0.25, -0.2) is 0 Å². The molecule has 0 spiro atoms. The fourth-order valence-electron chi connectivity index (χ4n) is 1.35. The molecule has 3 nitrogen and oxygen atoms in total. The minimum Gasteiger partial charge on any atom is -0.376 e. The lowest BCUT2D eigenvalue weighted by molar-refractivity contribution is -0.0499. The van der Waals surface area contributed by atoms with Crippen molar-refractivity contribution in [3.05, 3.63) is 21.8 Å². The van der Waals surface area contributed by atoms with Crippen LogP contribution in [0.4, 0.5) is 13.2 Å². The average Bonchev–Trinajstić information content (AvgIpc) is 2.12. The van der Waals surface area contributed by atoms with Gasteiger partial charge in [0.15, 0.2) is 0 Å². The average molecular weight is 424 g/mol. The largest absolute Gasteiger partial charge is 0.534 e. The van der Waals surface area contributed by atoms with Gasteiger partial charge >= 0.3 is 15.6 Å². The molecule has 0 amide bonds. The molecule has 0 aliphatic carbocycles. The molecule has 19 heavy (non-hydrogen) atoms. The Bertz CT molecular complexity index is 579. The van der Waals surface area contributed by atoms with Gasteiger partial charge in [-0.2, -0.15) is 21.6 Å². The first-order chi connectivity index (χ1) is 8.34. The van der Waals surface area contributed by atoms with Gasteiger partial charge in [0.2, 0.25) is 0 Å². The molecule has 1 aromatic carbocycles. The molecule has 0 aromatic heterocycles. The van der Waals surface area contributed by atoms with E-state index in [1.807, 2.05) is 42.2 Å². The molecular formula is C10H12F3IO3SSi. The third kappa shape index (κ3) is 4.08. The van der Waals surface area contributed by atoms with E-state index in [1.165, 1.54) is 6.07 Å². The Morgan fingerprint density at radius 2 is 1.74 bits per heavy atom. The van der Waals surface area contributed by atoms with Gasteiger partial charge in [-0.05, 0) is 39.9 Å². The van der Waals surface area contributed by atoms with Crippen molar-refractivity contribution in [1.82, 2.24) is 0 Å². The Morgan fingerprint density at radius 1 is 1.21 bits per heavy atom. The zero-order valence-electron chi connectivity index (χ0n) is 10.4. The Balaban J connectivity index is 3.33. The molecule has 108 valence electrons. The summed E-state index contributed by atoms with van der Waals surface area (Å²) < 4.78 is 64.1. The second kappa shape index (κ2) is 5.24. The highest BCUT2D eigenvalue weighted by atomic mass is 127. The van der Waals surface area contributed by atoms with Crippen molar-refractivity contribution in [1.29, 1.82) is 0 Å². The van der Waals surface area contributed by atoms with Gasteiger partial charge in [0.05, 0.1) is 8.07 Å². The van der Waals surface area contributed by atoms with E-state index in [-0.39, 0.29) is 5.75 Å². The second-order valence-corrected chi connectivity index (χ2v) is 12.7. The number of halogens is 4. The molecule has 0 saturated heterocycles. The molecule has 1 rings (SSSR count). The standard InChI is InChI=1S/C10H12F3IO3SSi/c1-19(2,3)9-5-4-7(14)6-8(9)17-18(15,16)10(11,12)13/h4-6H,1-3H3. The van der Waals surface area contributed by atoms with Crippen molar-refractivity contribution in [2.75, 3.05) is 0 Å². The predicted molar refractivity (Wildman–Crippen MR) is 77.7 cm³/mol. The summed E-state index contributed by atoms with van der Waals surface area (Å²) in [5, 5.41) is 0.528. The first-order valence-electron chi connectivity index (χ1n) is 5.15. The lowest BCUT2D eigenvalue weighted by Gasteiger charge is -2.21. The minimum absolute atomic E-state index is 0.233. The Kier molecular flexibility index (Phi) is 4.62. The molecule has 0 radical (unpaired) electrons. The van der Waals surface area contributed by atoms with Crippen molar-refractivity contribution in [2.24, 2.45) is 0 Å². The van der Waals surface area contributed by atoms with E-state index in [0.717, 1.165) is 0 Å². The summed E-state index contributed by atoms with van der Waals surface area (Å²) in [6.07, 6.45) is 0. The summed E-state index contributed by atoms with van der Waals surface area (Å²) in [5.41, 5.74) is -5.43. The number of hydrogen-bond acceptors (Lipinski definition) is 3. The van der Waals surface area contributed by atoms with E-state index in [4.69, 9.17) is 0 Å². The van der Waals surface area contributed by atoms with Crippen molar-refractivity contribution in [3.63, 3.8) is 0 Å². The van der Waals surface area contributed by atoms with Crippen LogP contribution in [0.2, 0.25) is 19.6 Å². The van der Waals surface area contributed by atoms with E-state index in [9.17, 15) is 21.6 Å². The van der Waals surface area contributed by atoms with Crippen LogP contribution in [-0.2, 0) is 10.1 Å². The Labute approximate surface area is 124 Å². The molecule has 0 aliphatic rings. The van der Waals surface area contributed by atoms with Crippen LogP contribution in [-0.4, -0.2) is 22.0 Å². The first-order valence-corrected chi connectivity index (χ1v) is 11.1. The van der Waals surface area contributed by atoms with Gasteiger partial charge in [0.1, 0.15) is 5.75 Å². The normalized spacial score (nSPS) is 13.4. The maximum Gasteiger partial charge on any atom is 0.534 e. The number of rotatable bonds is 3.